The number of ether oxygens (including phenoxy) is 1. The minimum absolute atomic E-state index is 0.0442. The van der Waals surface area contributed by atoms with E-state index in [4.69, 9.17) is 0 Å². The zero-order valence-electron chi connectivity index (χ0n) is 11.4. The Morgan fingerprint density at radius 2 is 1.95 bits per heavy atom. The lowest BCUT2D eigenvalue weighted by atomic mass is 10.2. The molecule has 20 heavy (non-hydrogen) atoms. The molecule has 1 heterocycles. The van der Waals surface area contributed by atoms with E-state index < -0.39 is 6.61 Å². The van der Waals surface area contributed by atoms with Crippen LogP contribution in [0.4, 0.5) is 14.5 Å². The Labute approximate surface area is 121 Å². The van der Waals surface area contributed by atoms with E-state index >= 15 is 0 Å². The van der Waals surface area contributed by atoms with Crippen molar-refractivity contribution in [3.8, 4) is 5.75 Å². The van der Waals surface area contributed by atoms with Gasteiger partial charge in [-0.15, -0.1) is 11.3 Å². The number of anilines is 1. The SMILES string of the molecule is CCc1ccc(C(C)Nc2ccccc2OC(F)F)s1. The summed E-state index contributed by atoms with van der Waals surface area (Å²) in [7, 11) is 0. The third kappa shape index (κ3) is 3.70. The molecule has 0 bridgehead atoms. The molecule has 0 saturated carbocycles. The Morgan fingerprint density at radius 1 is 1.20 bits per heavy atom. The van der Waals surface area contributed by atoms with Gasteiger partial charge in [0, 0.05) is 9.75 Å². The predicted octanol–water partition coefficient (Wildman–Crippen LogP) is 5.09. The average Bonchev–Trinajstić information content (AvgIpc) is 2.89. The number of nitrogens with one attached hydrogen (secondary N) is 1. The van der Waals surface area contributed by atoms with Gasteiger partial charge in [0.25, 0.3) is 0 Å². The summed E-state index contributed by atoms with van der Waals surface area (Å²) < 4.78 is 29.2. The van der Waals surface area contributed by atoms with E-state index in [9.17, 15) is 8.78 Å². The minimum Gasteiger partial charge on any atom is -0.433 e. The molecule has 0 aliphatic heterocycles. The van der Waals surface area contributed by atoms with Crippen LogP contribution < -0.4 is 10.1 Å². The number of hydrogen-bond donors (Lipinski definition) is 1. The molecule has 1 aromatic heterocycles. The predicted molar refractivity (Wildman–Crippen MR) is 78.8 cm³/mol. The maximum Gasteiger partial charge on any atom is 0.387 e. The Hall–Kier alpha value is -1.62. The van der Waals surface area contributed by atoms with E-state index in [0.717, 1.165) is 6.42 Å². The third-order valence-corrected chi connectivity index (χ3v) is 4.35. The van der Waals surface area contributed by atoms with Crippen LogP contribution in [0.25, 0.3) is 0 Å². The second-order valence-electron chi connectivity index (χ2n) is 4.40. The molecule has 0 saturated heterocycles. The average molecular weight is 297 g/mol. The molecular formula is C15H17F2NOS. The summed E-state index contributed by atoms with van der Waals surface area (Å²) in [6, 6.07) is 10.9. The van der Waals surface area contributed by atoms with Crippen LogP contribution in [-0.4, -0.2) is 6.61 Å². The normalized spacial score (nSPS) is 12.4. The second kappa shape index (κ2) is 6.70. The molecule has 108 valence electrons. The molecule has 1 atom stereocenters. The lowest BCUT2D eigenvalue weighted by molar-refractivity contribution is -0.0493. The fraction of sp³-hybridized carbons (Fsp3) is 0.333. The van der Waals surface area contributed by atoms with E-state index in [1.165, 1.54) is 15.8 Å². The van der Waals surface area contributed by atoms with Crippen molar-refractivity contribution in [3.05, 3.63) is 46.2 Å². The van der Waals surface area contributed by atoms with Gasteiger partial charge in [0.1, 0.15) is 5.75 Å². The van der Waals surface area contributed by atoms with E-state index in [0.29, 0.717) is 5.69 Å². The standard InChI is InChI=1S/C15H17F2NOS/c1-3-11-8-9-14(20-11)10(2)18-12-6-4-5-7-13(12)19-15(16)17/h4-10,15,18H,3H2,1-2H3. The zero-order chi connectivity index (χ0) is 14.5. The number of hydrogen-bond acceptors (Lipinski definition) is 3. The van der Waals surface area contributed by atoms with Crippen molar-refractivity contribution in [2.75, 3.05) is 5.32 Å². The monoisotopic (exact) mass is 297 g/mol. The third-order valence-electron chi connectivity index (χ3n) is 2.93. The van der Waals surface area contributed by atoms with E-state index in [1.807, 2.05) is 6.92 Å². The molecule has 1 aromatic carbocycles. The molecule has 0 fully saturated rings. The highest BCUT2D eigenvalue weighted by molar-refractivity contribution is 7.12. The Bertz CT molecular complexity index is 556. The van der Waals surface area contributed by atoms with Crippen LogP contribution in [0.2, 0.25) is 0 Å². The van der Waals surface area contributed by atoms with Gasteiger partial charge < -0.3 is 10.1 Å². The molecule has 0 amide bonds. The van der Waals surface area contributed by atoms with Crippen LogP contribution in [-0.2, 0) is 6.42 Å². The number of para-hydroxylation sites is 2. The van der Waals surface area contributed by atoms with Gasteiger partial charge in [0.2, 0.25) is 0 Å². The van der Waals surface area contributed by atoms with Gasteiger partial charge in [-0.05, 0) is 37.6 Å². The van der Waals surface area contributed by atoms with Crippen LogP contribution in [0.3, 0.4) is 0 Å². The Balaban J connectivity index is 2.12. The fourth-order valence-corrected chi connectivity index (χ4v) is 2.86. The molecule has 1 N–H and O–H groups in total. The molecular weight excluding hydrogens is 280 g/mol. The molecule has 0 aliphatic carbocycles. The fourth-order valence-electron chi connectivity index (χ4n) is 1.91. The van der Waals surface area contributed by atoms with E-state index in [-0.39, 0.29) is 11.8 Å². The summed E-state index contributed by atoms with van der Waals surface area (Å²) in [5, 5.41) is 3.22. The quantitative estimate of drug-likeness (QED) is 0.802. The van der Waals surface area contributed by atoms with Crippen LogP contribution in [0, 0.1) is 0 Å². The largest absolute Gasteiger partial charge is 0.433 e. The van der Waals surface area contributed by atoms with Crippen molar-refractivity contribution in [3.63, 3.8) is 0 Å². The van der Waals surface area contributed by atoms with E-state index in [1.54, 1.807) is 29.5 Å². The van der Waals surface area contributed by atoms with Crippen molar-refractivity contribution >= 4 is 17.0 Å². The van der Waals surface area contributed by atoms with Gasteiger partial charge >= 0.3 is 6.61 Å². The summed E-state index contributed by atoms with van der Waals surface area (Å²) in [6.07, 6.45) is 1.00. The number of halogens is 2. The highest BCUT2D eigenvalue weighted by atomic mass is 32.1. The highest BCUT2D eigenvalue weighted by Gasteiger charge is 2.13. The first-order valence-corrected chi connectivity index (χ1v) is 7.30. The van der Waals surface area contributed by atoms with Crippen LogP contribution in [0.5, 0.6) is 5.75 Å². The van der Waals surface area contributed by atoms with Crippen LogP contribution in [0.1, 0.15) is 29.6 Å². The molecule has 2 nitrogen and oxygen atoms in total. The summed E-state index contributed by atoms with van der Waals surface area (Å²) in [5.41, 5.74) is 0.576. The van der Waals surface area contributed by atoms with Crippen molar-refractivity contribution < 1.29 is 13.5 Å². The van der Waals surface area contributed by atoms with Gasteiger partial charge in [-0.3, -0.25) is 0 Å². The summed E-state index contributed by atoms with van der Waals surface area (Å²) in [6.45, 7) is 1.30. The summed E-state index contributed by atoms with van der Waals surface area (Å²) >= 11 is 1.73. The van der Waals surface area contributed by atoms with Crippen LogP contribution in [0.15, 0.2) is 36.4 Å². The van der Waals surface area contributed by atoms with Gasteiger partial charge in [-0.2, -0.15) is 8.78 Å². The van der Waals surface area contributed by atoms with Gasteiger partial charge in [-0.25, -0.2) is 0 Å². The van der Waals surface area contributed by atoms with Crippen molar-refractivity contribution in [1.82, 2.24) is 0 Å². The second-order valence-corrected chi connectivity index (χ2v) is 5.60. The minimum atomic E-state index is -2.82. The topological polar surface area (TPSA) is 21.3 Å². The smallest absolute Gasteiger partial charge is 0.387 e. The van der Waals surface area contributed by atoms with Crippen molar-refractivity contribution in [2.24, 2.45) is 0 Å². The molecule has 2 aromatic rings. The lowest BCUT2D eigenvalue weighted by Crippen LogP contribution is -2.09. The molecule has 0 aliphatic rings. The molecule has 1 unspecified atom stereocenters. The first-order valence-electron chi connectivity index (χ1n) is 6.49. The number of aryl methyl sites for hydroxylation is 1. The Morgan fingerprint density at radius 3 is 2.60 bits per heavy atom. The molecule has 2 rings (SSSR count). The maximum absolute atomic E-state index is 12.4. The van der Waals surface area contributed by atoms with Gasteiger partial charge in [-0.1, -0.05) is 19.1 Å². The highest BCUT2D eigenvalue weighted by Crippen LogP contribution is 2.31. The zero-order valence-corrected chi connectivity index (χ0v) is 12.2. The number of thiophene rings is 1. The molecule has 5 heteroatoms. The van der Waals surface area contributed by atoms with Crippen molar-refractivity contribution in [1.29, 1.82) is 0 Å². The first-order chi connectivity index (χ1) is 9.60. The summed E-state index contributed by atoms with van der Waals surface area (Å²) in [4.78, 5) is 2.49. The number of benzene rings is 1. The van der Waals surface area contributed by atoms with Gasteiger partial charge in [0.05, 0.1) is 11.7 Å². The maximum atomic E-state index is 12.4. The first kappa shape index (κ1) is 14.8. The van der Waals surface area contributed by atoms with E-state index in [2.05, 4.69) is 29.1 Å². The lowest BCUT2D eigenvalue weighted by Gasteiger charge is -2.17. The van der Waals surface area contributed by atoms with Crippen LogP contribution >= 0.6 is 11.3 Å². The number of rotatable bonds is 6. The van der Waals surface area contributed by atoms with Gasteiger partial charge in [0.15, 0.2) is 0 Å². The number of alkyl halides is 2. The summed E-state index contributed by atoms with van der Waals surface area (Å²) in [5.74, 6) is 0.168. The Kier molecular flexibility index (Phi) is 4.95. The molecule has 0 radical (unpaired) electrons. The van der Waals surface area contributed by atoms with Crippen molar-refractivity contribution in [2.45, 2.75) is 32.9 Å². The molecule has 0 spiro atoms.